The number of hydrogen-bond acceptors (Lipinski definition) is 1. The average Bonchev–Trinajstić information content (AvgIpc) is 2.01. The van der Waals surface area contributed by atoms with Crippen LogP contribution in [0.5, 0.6) is 0 Å². The summed E-state index contributed by atoms with van der Waals surface area (Å²) in [4.78, 5) is 0. The van der Waals surface area contributed by atoms with E-state index in [0.717, 1.165) is 11.1 Å². The molecular formula is C9H7BrFN. The van der Waals surface area contributed by atoms with Crippen LogP contribution in [0, 0.1) is 24.1 Å². The van der Waals surface area contributed by atoms with Crippen molar-refractivity contribution in [1.82, 2.24) is 0 Å². The van der Waals surface area contributed by atoms with Crippen LogP contribution in [0.2, 0.25) is 0 Å². The van der Waals surface area contributed by atoms with Gasteiger partial charge in [0.05, 0.1) is 17.0 Å². The first kappa shape index (κ1) is 9.21. The summed E-state index contributed by atoms with van der Waals surface area (Å²) in [6.45, 7) is 1.80. The van der Waals surface area contributed by atoms with Crippen LogP contribution in [0.25, 0.3) is 0 Å². The predicted molar refractivity (Wildman–Crippen MR) is 48.2 cm³/mol. The van der Waals surface area contributed by atoms with Crippen molar-refractivity contribution in [3.8, 4) is 6.07 Å². The summed E-state index contributed by atoms with van der Waals surface area (Å²) in [6, 6.07) is 5.15. The maximum Gasteiger partial charge on any atom is 0.137 e. The highest BCUT2D eigenvalue weighted by Gasteiger charge is 2.04. The van der Waals surface area contributed by atoms with Gasteiger partial charge in [-0.1, -0.05) is 6.07 Å². The highest BCUT2D eigenvalue weighted by molar-refractivity contribution is 9.10. The number of nitrogens with zero attached hydrogens (tertiary/aromatic N) is 1. The monoisotopic (exact) mass is 227 g/mol. The first-order valence-electron chi connectivity index (χ1n) is 3.46. The van der Waals surface area contributed by atoms with Crippen LogP contribution in [0.3, 0.4) is 0 Å². The molecule has 0 aliphatic heterocycles. The van der Waals surface area contributed by atoms with Gasteiger partial charge in [0.25, 0.3) is 0 Å². The molecular weight excluding hydrogens is 221 g/mol. The normalized spacial score (nSPS) is 9.50. The summed E-state index contributed by atoms with van der Waals surface area (Å²) in [7, 11) is 0. The van der Waals surface area contributed by atoms with Crippen LogP contribution in [-0.4, -0.2) is 0 Å². The lowest BCUT2D eigenvalue weighted by Gasteiger charge is -2.01. The van der Waals surface area contributed by atoms with Gasteiger partial charge in [0, 0.05) is 0 Å². The molecule has 0 fully saturated rings. The zero-order valence-electron chi connectivity index (χ0n) is 6.56. The van der Waals surface area contributed by atoms with E-state index in [2.05, 4.69) is 15.9 Å². The summed E-state index contributed by atoms with van der Waals surface area (Å²) < 4.78 is 13.5. The van der Waals surface area contributed by atoms with Gasteiger partial charge in [0.15, 0.2) is 0 Å². The first-order chi connectivity index (χ1) is 5.65. The molecule has 0 aliphatic carbocycles. The lowest BCUT2D eigenvalue weighted by molar-refractivity contribution is 0.618. The number of rotatable bonds is 1. The van der Waals surface area contributed by atoms with Gasteiger partial charge in [-0.25, -0.2) is 4.39 Å². The van der Waals surface area contributed by atoms with Crippen molar-refractivity contribution >= 4 is 15.9 Å². The van der Waals surface area contributed by atoms with Crippen LogP contribution in [0.15, 0.2) is 16.6 Å². The molecule has 1 nitrogen and oxygen atoms in total. The molecule has 0 heterocycles. The quantitative estimate of drug-likeness (QED) is 0.724. The minimum Gasteiger partial charge on any atom is -0.206 e. The maximum absolute atomic E-state index is 13.0. The van der Waals surface area contributed by atoms with E-state index in [1.807, 2.05) is 6.07 Å². The summed E-state index contributed by atoms with van der Waals surface area (Å²) in [5, 5.41) is 8.39. The third-order valence-electron chi connectivity index (χ3n) is 1.55. The van der Waals surface area contributed by atoms with Gasteiger partial charge in [-0.3, -0.25) is 0 Å². The van der Waals surface area contributed by atoms with Crippen molar-refractivity contribution in [2.45, 2.75) is 13.3 Å². The van der Waals surface area contributed by atoms with Crippen LogP contribution < -0.4 is 0 Å². The van der Waals surface area contributed by atoms with Crippen molar-refractivity contribution in [3.63, 3.8) is 0 Å². The Morgan fingerprint density at radius 3 is 2.75 bits per heavy atom. The summed E-state index contributed by atoms with van der Waals surface area (Å²) in [6.07, 6.45) is 0.255. The Kier molecular flexibility index (Phi) is 2.83. The average molecular weight is 228 g/mol. The second-order valence-electron chi connectivity index (χ2n) is 2.54. The van der Waals surface area contributed by atoms with Crippen LogP contribution in [-0.2, 0) is 6.42 Å². The lowest BCUT2D eigenvalue weighted by atomic mass is 10.1. The Morgan fingerprint density at radius 2 is 2.25 bits per heavy atom. The Balaban J connectivity index is 3.14. The van der Waals surface area contributed by atoms with E-state index in [9.17, 15) is 4.39 Å². The molecule has 0 aromatic heterocycles. The van der Waals surface area contributed by atoms with E-state index in [1.165, 1.54) is 6.07 Å². The number of benzene rings is 1. The molecule has 3 heteroatoms. The first-order valence-corrected chi connectivity index (χ1v) is 4.26. The largest absolute Gasteiger partial charge is 0.206 e. The molecule has 1 aromatic carbocycles. The smallest absolute Gasteiger partial charge is 0.137 e. The second-order valence-corrected chi connectivity index (χ2v) is 3.34. The van der Waals surface area contributed by atoms with E-state index >= 15 is 0 Å². The van der Waals surface area contributed by atoms with Crippen LogP contribution in [0.4, 0.5) is 4.39 Å². The minimum absolute atomic E-state index is 0.255. The molecule has 12 heavy (non-hydrogen) atoms. The fraction of sp³-hybridized carbons (Fsp3) is 0.222. The number of nitriles is 1. The Hall–Kier alpha value is -0.880. The fourth-order valence-electron chi connectivity index (χ4n) is 0.991. The van der Waals surface area contributed by atoms with E-state index in [1.54, 1.807) is 13.0 Å². The third kappa shape index (κ3) is 1.83. The van der Waals surface area contributed by atoms with Crippen molar-refractivity contribution in [1.29, 1.82) is 5.26 Å². The minimum atomic E-state index is -0.305. The second kappa shape index (κ2) is 3.68. The summed E-state index contributed by atoms with van der Waals surface area (Å²) >= 11 is 3.11. The fourth-order valence-corrected chi connectivity index (χ4v) is 1.22. The molecule has 0 amide bonds. The predicted octanol–water partition coefficient (Wildman–Crippen LogP) is 2.96. The maximum atomic E-state index is 13.0. The van der Waals surface area contributed by atoms with Gasteiger partial charge >= 0.3 is 0 Å². The highest BCUT2D eigenvalue weighted by atomic mass is 79.9. The summed E-state index contributed by atoms with van der Waals surface area (Å²) in [5.41, 5.74) is 1.54. The van der Waals surface area contributed by atoms with Crippen LogP contribution in [0.1, 0.15) is 11.1 Å². The number of hydrogen-bond donors (Lipinski definition) is 0. The van der Waals surface area contributed by atoms with Crippen molar-refractivity contribution < 1.29 is 4.39 Å². The van der Waals surface area contributed by atoms with E-state index in [-0.39, 0.29) is 12.2 Å². The zero-order valence-corrected chi connectivity index (χ0v) is 8.15. The molecule has 0 bridgehead atoms. The van der Waals surface area contributed by atoms with E-state index in [4.69, 9.17) is 5.26 Å². The molecule has 0 spiro atoms. The molecule has 0 aliphatic rings. The van der Waals surface area contributed by atoms with E-state index < -0.39 is 0 Å². The van der Waals surface area contributed by atoms with Gasteiger partial charge in [0.1, 0.15) is 5.82 Å². The molecule has 0 saturated carbocycles. The highest BCUT2D eigenvalue weighted by Crippen LogP contribution is 2.21. The molecule has 0 saturated heterocycles. The van der Waals surface area contributed by atoms with Gasteiger partial charge < -0.3 is 0 Å². The van der Waals surface area contributed by atoms with Gasteiger partial charge in [0.2, 0.25) is 0 Å². The zero-order chi connectivity index (χ0) is 9.14. The molecule has 1 rings (SSSR count). The standard InChI is InChI=1S/C9H7BrFN/c1-6-4-7(2-3-12)5-8(11)9(6)10/h4-5H,2H2,1H3. The summed E-state index contributed by atoms with van der Waals surface area (Å²) in [5.74, 6) is -0.305. The van der Waals surface area contributed by atoms with Crippen molar-refractivity contribution in [2.24, 2.45) is 0 Å². The lowest BCUT2D eigenvalue weighted by Crippen LogP contribution is -1.88. The van der Waals surface area contributed by atoms with Crippen molar-refractivity contribution in [3.05, 3.63) is 33.5 Å². The molecule has 0 radical (unpaired) electrons. The molecule has 0 atom stereocenters. The number of aryl methyl sites for hydroxylation is 1. The molecule has 0 N–H and O–H groups in total. The Labute approximate surface area is 79.0 Å². The van der Waals surface area contributed by atoms with Gasteiger partial charge in [-0.15, -0.1) is 0 Å². The number of halogens is 2. The Bertz CT molecular complexity index is 318. The SMILES string of the molecule is Cc1cc(CC#N)cc(F)c1Br. The van der Waals surface area contributed by atoms with E-state index in [0.29, 0.717) is 4.47 Å². The Morgan fingerprint density at radius 1 is 1.58 bits per heavy atom. The topological polar surface area (TPSA) is 23.8 Å². The van der Waals surface area contributed by atoms with Gasteiger partial charge in [-0.05, 0) is 40.0 Å². The third-order valence-corrected chi connectivity index (χ3v) is 2.56. The van der Waals surface area contributed by atoms with Gasteiger partial charge in [-0.2, -0.15) is 5.26 Å². The molecule has 0 unspecified atom stereocenters. The molecule has 1 aromatic rings. The van der Waals surface area contributed by atoms with Crippen LogP contribution >= 0.6 is 15.9 Å². The van der Waals surface area contributed by atoms with Crippen molar-refractivity contribution in [2.75, 3.05) is 0 Å². The molecule has 62 valence electrons.